The molecule has 0 spiro atoms. The number of nitrogens with zero attached hydrogens (tertiary/aromatic N) is 1. The second-order valence-corrected chi connectivity index (χ2v) is 6.82. The van der Waals surface area contributed by atoms with Crippen LogP contribution in [0.4, 0.5) is 4.39 Å². The Labute approximate surface area is 156 Å². The van der Waals surface area contributed by atoms with E-state index < -0.39 is 79.1 Å². The number of aromatic nitrogens is 2. The molecule has 13 heteroatoms. The molecule has 1 unspecified atom stereocenters. The van der Waals surface area contributed by atoms with Gasteiger partial charge in [-0.25, -0.2) is 9.18 Å². The average Bonchev–Trinajstić information content (AvgIpc) is 2.89. The first-order chi connectivity index (χ1) is 13.1. The number of alkyl halides is 1. The van der Waals surface area contributed by atoms with Gasteiger partial charge in [0.05, 0.1) is 13.2 Å². The molecule has 3 rings (SSSR count). The van der Waals surface area contributed by atoms with E-state index in [1.165, 1.54) is 0 Å². The quantitative estimate of drug-likeness (QED) is 0.254. The second-order valence-electron chi connectivity index (χ2n) is 6.82. The third-order valence-corrected chi connectivity index (χ3v) is 5.24. The fourth-order valence-corrected chi connectivity index (χ4v) is 3.77. The van der Waals surface area contributed by atoms with Gasteiger partial charge in [-0.1, -0.05) is 0 Å². The van der Waals surface area contributed by atoms with Crippen LogP contribution in [0.3, 0.4) is 0 Å². The number of ether oxygens (including phenoxy) is 2. The predicted octanol–water partition coefficient (Wildman–Crippen LogP) is -4.88. The molecule has 28 heavy (non-hydrogen) atoms. The number of nitrogens with one attached hydrogen (secondary N) is 1. The van der Waals surface area contributed by atoms with Gasteiger partial charge in [0.15, 0.2) is 5.60 Å². The molecule has 3 heterocycles. The molecule has 0 radical (unpaired) electrons. The van der Waals surface area contributed by atoms with E-state index in [0.29, 0.717) is 4.57 Å². The number of aromatic amines is 1. The molecule has 158 valence electrons. The standard InChI is InChI=1S/C15H21FN2O10/c16-5-14(26)11(24)7(3-19)28-15(14,18-2-1-8(21)17-13(18)25)12-10(23)9(22)6(20)4-27-12/h1-2,6-7,9-12,19-20,22-24,26H,3-5H2,(H,17,21,25)/t6-,7-,9-,10+,11-,12?,14-,15-/m1/s1. The fraction of sp³-hybridized carbons (Fsp3) is 0.733. The highest BCUT2D eigenvalue weighted by Gasteiger charge is 2.72. The molecule has 2 aliphatic heterocycles. The van der Waals surface area contributed by atoms with Crippen molar-refractivity contribution in [1.82, 2.24) is 9.55 Å². The lowest BCUT2D eigenvalue weighted by atomic mass is 9.79. The normalized spacial score (nSPS) is 44.0. The Hall–Kier alpha value is -1.71. The zero-order chi connectivity index (χ0) is 20.9. The van der Waals surface area contributed by atoms with Crippen molar-refractivity contribution >= 4 is 0 Å². The molecule has 1 aromatic rings. The highest BCUT2D eigenvalue weighted by molar-refractivity contribution is 5.17. The van der Waals surface area contributed by atoms with Crippen molar-refractivity contribution in [2.45, 2.75) is 47.9 Å². The summed E-state index contributed by atoms with van der Waals surface area (Å²) in [4.78, 5) is 25.7. The van der Waals surface area contributed by atoms with Gasteiger partial charge in [-0.05, 0) is 0 Å². The van der Waals surface area contributed by atoms with Crippen LogP contribution in [0.5, 0.6) is 0 Å². The van der Waals surface area contributed by atoms with E-state index in [9.17, 15) is 44.6 Å². The van der Waals surface area contributed by atoms with Gasteiger partial charge in [-0.3, -0.25) is 14.3 Å². The molecule has 0 aliphatic carbocycles. The third kappa shape index (κ3) is 2.74. The molecule has 2 aliphatic rings. The minimum atomic E-state index is -2.95. The first-order valence-corrected chi connectivity index (χ1v) is 8.37. The third-order valence-electron chi connectivity index (χ3n) is 5.24. The Balaban J connectivity index is 2.29. The maximum Gasteiger partial charge on any atom is 0.330 e. The van der Waals surface area contributed by atoms with Crippen LogP contribution >= 0.6 is 0 Å². The van der Waals surface area contributed by atoms with Crippen LogP contribution in [0.2, 0.25) is 0 Å². The second kappa shape index (κ2) is 7.27. The van der Waals surface area contributed by atoms with Crippen molar-refractivity contribution in [1.29, 1.82) is 0 Å². The van der Waals surface area contributed by atoms with Crippen molar-refractivity contribution in [3.8, 4) is 0 Å². The Bertz CT molecular complexity index is 832. The number of hydrogen-bond acceptors (Lipinski definition) is 10. The van der Waals surface area contributed by atoms with Crippen molar-refractivity contribution < 1.29 is 44.5 Å². The number of aliphatic hydroxyl groups is 6. The maximum atomic E-state index is 14.1. The molecule has 1 aromatic heterocycles. The van der Waals surface area contributed by atoms with Crippen LogP contribution < -0.4 is 11.2 Å². The molecule has 12 nitrogen and oxygen atoms in total. The van der Waals surface area contributed by atoms with E-state index in [1.54, 1.807) is 0 Å². The topological polar surface area (TPSA) is 195 Å². The Morgan fingerprint density at radius 3 is 2.50 bits per heavy atom. The smallest absolute Gasteiger partial charge is 0.330 e. The minimum Gasteiger partial charge on any atom is -0.394 e. The van der Waals surface area contributed by atoms with Crippen LogP contribution in [0.25, 0.3) is 0 Å². The summed E-state index contributed by atoms with van der Waals surface area (Å²) in [5.41, 5.74) is -7.70. The van der Waals surface area contributed by atoms with Gasteiger partial charge in [0, 0.05) is 12.3 Å². The Morgan fingerprint density at radius 2 is 1.93 bits per heavy atom. The largest absolute Gasteiger partial charge is 0.394 e. The lowest BCUT2D eigenvalue weighted by Crippen LogP contribution is -2.72. The Morgan fingerprint density at radius 1 is 1.25 bits per heavy atom. The molecule has 8 atom stereocenters. The predicted molar refractivity (Wildman–Crippen MR) is 85.9 cm³/mol. The number of aliphatic hydroxyl groups excluding tert-OH is 5. The number of H-pyrrole nitrogens is 1. The van der Waals surface area contributed by atoms with E-state index in [1.807, 2.05) is 4.98 Å². The van der Waals surface area contributed by atoms with Gasteiger partial charge in [0.25, 0.3) is 5.56 Å². The summed E-state index contributed by atoms with van der Waals surface area (Å²) in [6.45, 7) is -3.22. The van der Waals surface area contributed by atoms with E-state index in [4.69, 9.17) is 9.47 Å². The molecule has 0 amide bonds. The van der Waals surface area contributed by atoms with Crippen molar-refractivity contribution in [2.24, 2.45) is 0 Å². The van der Waals surface area contributed by atoms with Crippen molar-refractivity contribution in [3.05, 3.63) is 33.1 Å². The van der Waals surface area contributed by atoms with E-state index in [-0.39, 0.29) is 0 Å². The lowest BCUT2D eigenvalue weighted by molar-refractivity contribution is -0.311. The SMILES string of the molecule is O=c1ccn([C@]2(C3OC[C@@H](O)[C@@H](O)[C@@H]3O)O[C@H](CO)[C@@H](O)[C@]2(O)CF)c(=O)[nH]1. The van der Waals surface area contributed by atoms with E-state index in [2.05, 4.69) is 0 Å². The van der Waals surface area contributed by atoms with Crippen LogP contribution in [-0.2, 0) is 15.2 Å². The van der Waals surface area contributed by atoms with Gasteiger partial charge >= 0.3 is 5.69 Å². The minimum absolute atomic E-state index is 0.505. The average molecular weight is 408 g/mol. The zero-order valence-electron chi connectivity index (χ0n) is 14.4. The van der Waals surface area contributed by atoms with Gasteiger partial charge in [-0.15, -0.1) is 0 Å². The van der Waals surface area contributed by atoms with Crippen molar-refractivity contribution in [2.75, 3.05) is 19.9 Å². The summed E-state index contributed by atoms with van der Waals surface area (Å²) < 4.78 is 25.4. The monoisotopic (exact) mass is 408 g/mol. The summed E-state index contributed by atoms with van der Waals surface area (Å²) in [5.74, 6) is 0. The highest BCUT2D eigenvalue weighted by atomic mass is 19.1. The zero-order valence-corrected chi connectivity index (χ0v) is 14.4. The lowest BCUT2D eigenvalue weighted by Gasteiger charge is -2.49. The summed E-state index contributed by atoms with van der Waals surface area (Å²) in [6, 6.07) is 0.838. The van der Waals surface area contributed by atoms with Crippen molar-refractivity contribution in [3.63, 3.8) is 0 Å². The molecular weight excluding hydrogens is 387 g/mol. The molecule has 0 aromatic carbocycles. The number of hydrogen-bond donors (Lipinski definition) is 7. The molecule has 7 N–H and O–H groups in total. The van der Waals surface area contributed by atoms with Gasteiger partial charge in [-0.2, -0.15) is 0 Å². The molecule has 0 saturated carbocycles. The maximum absolute atomic E-state index is 14.1. The van der Waals surface area contributed by atoms with Crippen LogP contribution in [-0.4, -0.2) is 102 Å². The summed E-state index contributed by atoms with van der Waals surface area (Å²) >= 11 is 0. The highest BCUT2D eigenvalue weighted by Crippen LogP contribution is 2.48. The number of halogens is 1. The molecule has 0 bridgehead atoms. The number of rotatable bonds is 4. The van der Waals surface area contributed by atoms with Gasteiger partial charge < -0.3 is 40.1 Å². The summed E-state index contributed by atoms with van der Waals surface area (Å²) in [5, 5.41) is 61.0. The van der Waals surface area contributed by atoms with E-state index in [0.717, 1.165) is 12.3 Å². The van der Waals surface area contributed by atoms with Gasteiger partial charge in [0.1, 0.15) is 43.3 Å². The van der Waals surface area contributed by atoms with E-state index >= 15 is 0 Å². The van der Waals surface area contributed by atoms with Crippen LogP contribution in [0.1, 0.15) is 0 Å². The first kappa shape index (κ1) is 21.0. The Kier molecular flexibility index (Phi) is 5.46. The summed E-state index contributed by atoms with van der Waals surface area (Å²) in [6.07, 6.45) is -10.1. The molecule has 2 fully saturated rings. The summed E-state index contributed by atoms with van der Waals surface area (Å²) in [7, 11) is 0. The first-order valence-electron chi connectivity index (χ1n) is 8.37. The molecular formula is C15H21FN2O10. The molecule has 2 saturated heterocycles. The van der Waals surface area contributed by atoms with Gasteiger partial charge in [0.2, 0.25) is 5.72 Å². The van der Waals surface area contributed by atoms with Crippen LogP contribution in [0.15, 0.2) is 21.9 Å². The fourth-order valence-electron chi connectivity index (χ4n) is 3.77. The van der Waals surface area contributed by atoms with Crippen LogP contribution in [0, 0.1) is 0 Å².